The Morgan fingerprint density at radius 1 is 0.812 bits per heavy atom. The molecule has 0 amide bonds. The molecule has 1 aliphatic carbocycles. The second-order valence-corrected chi connectivity index (χ2v) is 4.34. The molecule has 3 rings (SSSR count). The number of rotatable bonds is 1. The van der Waals surface area contributed by atoms with E-state index in [1.54, 1.807) is 0 Å². The van der Waals surface area contributed by atoms with Crippen LogP contribution < -0.4 is 0 Å². The quantitative estimate of drug-likeness (QED) is 0.766. The Morgan fingerprint density at radius 2 is 1.44 bits per heavy atom. The third kappa shape index (κ3) is 1.44. The van der Waals surface area contributed by atoms with Gasteiger partial charge in [0.2, 0.25) is 0 Å². The SMILES string of the molecule is O[C@H]1C[C@@H](c2ccccc2)c2ccccc21. The molecule has 0 aliphatic heterocycles. The van der Waals surface area contributed by atoms with Crippen molar-refractivity contribution in [2.75, 3.05) is 0 Å². The first-order valence-corrected chi connectivity index (χ1v) is 5.68. The number of aliphatic hydroxyl groups is 1. The molecule has 0 radical (unpaired) electrons. The van der Waals surface area contributed by atoms with Gasteiger partial charge >= 0.3 is 0 Å². The van der Waals surface area contributed by atoms with Crippen molar-refractivity contribution in [1.29, 1.82) is 0 Å². The van der Waals surface area contributed by atoms with Crippen LogP contribution in [0, 0.1) is 0 Å². The molecule has 1 nitrogen and oxygen atoms in total. The van der Waals surface area contributed by atoms with E-state index in [1.165, 1.54) is 11.1 Å². The van der Waals surface area contributed by atoms with Gasteiger partial charge in [0.05, 0.1) is 6.10 Å². The van der Waals surface area contributed by atoms with Crippen molar-refractivity contribution >= 4 is 0 Å². The molecule has 0 heterocycles. The van der Waals surface area contributed by atoms with Crippen LogP contribution in [0.2, 0.25) is 0 Å². The van der Waals surface area contributed by atoms with Gasteiger partial charge in [-0.25, -0.2) is 0 Å². The Balaban J connectivity index is 2.07. The maximum atomic E-state index is 10.0. The molecule has 0 saturated heterocycles. The second kappa shape index (κ2) is 3.76. The van der Waals surface area contributed by atoms with E-state index in [2.05, 4.69) is 30.3 Å². The molecule has 1 aliphatic rings. The minimum atomic E-state index is -0.304. The van der Waals surface area contributed by atoms with Crippen LogP contribution in [0.1, 0.15) is 35.1 Å². The summed E-state index contributed by atoms with van der Waals surface area (Å²) in [5.74, 6) is 0.354. The molecule has 2 aromatic rings. The Morgan fingerprint density at radius 3 is 2.19 bits per heavy atom. The number of fused-ring (bicyclic) bond motifs is 1. The topological polar surface area (TPSA) is 20.2 Å². The molecule has 0 bridgehead atoms. The van der Waals surface area contributed by atoms with E-state index in [0.717, 1.165) is 12.0 Å². The maximum Gasteiger partial charge on any atom is 0.0802 e. The van der Waals surface area contributed by atoms with E-state index < -0.39 is 0 Å². The number of aliphatic hydroxyl groups excluding tert-OH is 1. The van der Waals surface area contributed by atoms with Gasteiger partial charge in [0.25, 0.3) is 0 Å². The van der Waals surface area contributed by atoms with Gasteiger partial charge in [-0.15, -0.1) is 0 Å². The van der Waals surface area contributed by atoms with E-state index >= 15 is 0 Å². The van der Waals surface area contributed by atoms with Crippen LogP contribution in [0.4, 0.5) is 0 Å². The van der Waals surface area contributed by atoms with Crippen molar-refractivity contribution in [1.82, 2.24) is 0 Å². The number of hydrogen-bond acceptors (Lipinski definition) is 1. The summed E-state index contributed by atoms with van der Waals surface area (Å²) < 4.78 is 0. The van der Waals surface area contributed by atoms with E-state index in [0.29, 0.717) is 5.92 Å². The highest BCUT2D eigenvalue weighted by atomic mass is 16.3. The molecule has 1 heteroatoms. The van der Waals surface area contributed by atoms with Crippen molar-refractivity contribution in [2.24, 2.45) is 0 Å². The lowest BCUT2D eigenvalue weighted by atomic mass is 9.93. The van der Waals surface area contributed by atoms with Crippen LogP contribution in [0.3, 0.4) is 0 Å². The summed E-state index contributed by atoms with van der Waals surface area (Å²) >= 11 is 0. The zero-order valence-corrected chi connectivity index (χ0v) is 9.01. The molecule has 0 fully saturated rings. The minimum Gasteiger partial charge on any atom is -0.388 e. The lowest BCUT2D eigenvalue weighted by molar-refractivity contribution is 0.176. The Kier molecular flexibility index (Phi) is 2.26. The largest absolute Gasteiger partial charge is 0.388 e. The third-order valence-electron chi connectivity index (χ3n) is 3.39. The fourth-order valence-corrected chi connectivity index (χ4v) is 2.61. The predicted molar refractivity (Wildman–Crippen MR) is 64.3 cm³/mol. The highest BCUT2D eigenvalue weighted by Gasteiger charge is 2.29. The summed E-state index contributed by atoms with van der Waals surface area (Å²) in [6, 6.07) is 18.6. The first-order chi connectivity index (χ1) is 7.86. The zero-order chi connectivity index (χ0) is 11.0. The molecule has 0 aromatic heterocycles. The Labute approximate surface area is 95.4 Å². The molecule has 0 spiro atoms. The third-order valence-corrected chi connectivity index (χ3v) is 3.39. The van der Waals surface area contributed by atoms with Gasteiger partial charge in [-0.3, -0.25) is 0 Å². The van der Waals surface area contributed by atoms with E-state index in [4.69, 9.17) is 0 Å². The van der Waals surface area contributed by atoms with E-state index in [-0.39, 0.29) is 6.10 Å². The standard InChI is InChI=1S/C15H14O/c16-15-10-14(11-6-2-1-3-7-11)12-8-4-5-9-13(12)15/h1-9,14-16H,10H2/t14-,15-/m0/s1. The lowest BCUT2D eigenvalue weighted by Crippen LogP contribution is -1.95. The average molecular weight is 210 g/mol. The van der Waals surface area contributed by atoms with Crippen LogP contribution in [-0.4, -0.2) is 5.11 Å². The molecule has 0 unspecified atom stereocenters. The first-order valence-electron chi connectivity index (χ1n) is 5.68. The van der Waals surface area contributed by atoms with Gasteiger partial charge in [0, 0.05) is 5.92 Å². The molecular weight excluding hydrogens is 196 g/mol. The lowest BCUT2D eigenvalue weighted by Gasteiger charge is -2.11. The monoisotopic (exact) mass is 210 g/mol. The van der Waals surface area contributed by atoms with Gasteiger partial charge in [-0.1, -0.05) is 54.6 Å². The Hall–Kier alpha value is -1.60. The minimum absolute atomic E-state index is 0.304. The molecule has 1 N–H and O–H groups in total. The van der Waals surface area contributed by atoms with Crippen molar-refractivity contribution < 1.29 is 5.11 Å². The molecule has 80 valence electrons. The van der Waals surface area contributed by atoms with Crippen LogP contribution in [0.25, 0.3) is 0 Å². The first kappa shape index (κ1) is 9.61. The number of benzene rings is 2. The van der Waals surface area contributed by atoms with Crippen molar-refractivity contribution in [3.05, 3.63) is 71.3 Å². The van der Waals surface area contributed by atoms with Crippen LogP contribution in [0.5, 0.6) is 0 Å². The molecule has 0 saturated carbocycles. The summed E-state index contributed by atoms with van der Waals surface area (Å²) in [7, 11) is 0. The molecule has 2 aromatic carbocycles. The normalized spacial score (nSPS) is 23.1. The molecule has 2 atom stereocenters. The van der Waals surface area contributed by atoms with Crippen molar-refractivity contribution in [3.8, 4) is 0 Å². The fourth-order valence-electron chi connectivity index (χ4n) is 2.61. The summed E-state index contributed by atoms with van der Waals surface area (Å²) in [5, 5.41) is 10.0. The Bertz CT molecular complexity index is 490. The summed E-state index contributed by atoms with van der Waals surface area (Å²) in [5.41, 5.74) is 3.67. The maximum absolute atomic E-state index is 10.0. The second-order valence-electron chi connectivity index (χ2n) is 4.34. The summed E-state index contributed by atoms with van der Waals surface area (Å²) in [6.45, 7) is 0. The smallest absolute Gasteiger partial charge is 0.0802 e. The number of hydrogen-bond donors (Lipinski definition) is 1. The zero-order valence-electron chi connectivity index (χ0n) is 9.01. The summed E-state index contributed by atoms with van der Waals surface area (Å²) in [4.78, 5) is 0. The highest BCUT2D eigenvalue weighted by Crippen LogP contribution is 2.43. The van der Waals surface area contributed by atoms with Gasteiger partial charge in [-0.2, -0.15) is 0 Å². The summed E-state index contributed by atoms with van der Waals surface area (Å²) in [6.07, 6.45) is 0.505. The van der Waals surface area contributed by atoms with Crippen LogP contribution >= 0.6 is 0 Å². The van der Waals surface area contributed by atoms with Crippen LogP contribution in [-0.2, 0) is 0 Å². The van der Waals surface area contributed by atoms with Gasteiger partial charge < -0.3 is 5.11 Å². The molecule has 16 heavy (non-hydrogen) atoms. The van der Waals surface area contributed by atoms with E-state index in [1.807, 2.05) is 24.3 Å². The van der Waals surface area contributed by atoms with Crippen molar-refractivity contribution in [2.45, 2.75) is 18.4 Å². The highest BCUT2D eigenvalue weighted by molar-refractivity contribution is 5.43. The van der Waals surface area contributed by atoms with Crippen molar-refractivity contribution in [3.63, 3.8) is 0 Å². The van der Waals surface area contributed by atoms with Gasteiger partial charge in [0.15, 0.2) is 0 Å². The fraction of sp³-hybridized carbons (Fsp3) is 0.200. The van der Waals surface area contributed by atoms with E-state index in [9.17, 15) is 5.11 Å². The van der Waals surface area contributed by atoms with Gasteiger partial charge in [0.1, 0.15) is 0 Å². The molecular formula is C15H14O. The van der Waals surface area contributed by atoms with Crippen LogP contribution in [0.15, 0.2) is 54.6 Å². The predicted octanol–water partition coefficient (Wildman–Crippen LogP) is 3.26. The average Bonchev–Trinajstić information content (AvgIpc) is 2.69. The van der Waals surface area contributed by atoms with Gasteiger partial charge in [-0.05, 0) is 23.1 Å².